The molecule has 2 N–H and O–H groups in total. The monoisotopic (exact) mass is 729 g/mol. The first-order valence-corrected chi connectivity index (χ1v) is 17.5. The zero-order valence-electron chi connectivity index (χ0n) is 24.0. The minimum absolute atomic E-state index is 0.0467. The van der Waals surface area contributed by atoms with Crippen molar-refractivity contribution in [3.63, 3.8) is 0 Å². The molecule has 2 heterocycles. The number of pyridine rings is 1. The Morgan fingerprint density at radius 2 is 1.77 bits per heavy atom. The number of amides is 1. The molecule has 8 nitrogen and oxygen atoms in total. The van der Waals surface area contributed by atoms with Gasteiger partial charge < -0.3 is 5.32 Å². The van der Waals surface area contributed by atoms with Crippen molar-refractivity contribution in [3.05, 3.63) is 107 Å². The predicted molar refractivity (Wildman–Crippen MR) is 173 cm³/mol. The van der Waals surface area contributed by atoms with Gasteiger partial charge in [0, 0.05) is 23.9 Å². The SMILES string of the molecule is Cc1cc2c(cc1C)N(CC(=O)N[C@@H](Cc1cc(F)cc(F)c1)c1ncccc1-c1cccc(S(=O)(=O)NC3CC3)c1)I=N2. The highest BCUT2D eigenvalue weighted by Crippen LogP contribution is 2.43. The van der Waals surface area contributed by atoms with Crippen molar-refractivity contribution in [1.82, 2.24) is 15.0 Å². The van der Waals surface area contributed by atoms with E-state index in [2.05, 4.69) is 18.2 Å². The highest BCUT2D eigenvalue weighted by atomic mass is 127. The first kappa shape index (κ1) is 30.4. The fraction of sp³-hybridized carbons (Fsp3) is 0.250. The molecule has 228 valence electrons. The molecule has 2 aliphatic rings. The van der Waals surface area contributed by atoms with Gasteiger partial charge in [0.25, 0.3) is 0 Å². The van der Waals surface area contributed by atoms with Crippen LogP contribution >= 0.6 is 21.3 Å². The van der Waals surface area contributed by atoms with Crippen molar-refractivity contribution in [3.8, 4) is 11.1 Å². The highest BCUT2D eigenvalue weighted by molar-refractivity contribution is 14.2. The van der Waals surface area contributed by atoms with E-state index < -0.39 is 49.0 Å². The fourth-order valence-corrected chi connectivity index (χ4v) is 8.40. The van der Waals surface area contributed by atoms with E-state index >= 15 is 0 Å². The third-order valence-corrected chi connectivity index (χ3v) is 11.2. The molecule has 0 saturated heterocycles. The standard InChI is InChI=1S/C32H30F2IN5O3S/c1-19-11-28-30(12-20(19)2)40(35-38-28)18-31(41)37-29(15-21-13-23(33)17-24(34)14-21)32-27(7-4-10-36-32)22-5-3-6-26(16-22)44(42,43)39-25-8-9-25/h3-7,10-14,16-17,25,29,39H,8-9,15,18H2,1-2H3,(H,37,41)/t29-/m0/s1. The normalized spacial score (nSPS) is 15.0. The number of benzene rings is 3. The zero-order valence-corrected chi connectivity index (χ0v) is 27.0. The second-order valence-corrected chi connectivity index (χ2v) is 14.9. The Bertz CT molecular complexity index is 1880. The van der Waals surface area contributed by atoms with E-state index in [1.807, 2.05) is 29.1 Å². The van der Waals surface area contributed by atoms with Gasteiger partial charge in [-0.1, -0.05) is 18.2 Å². The number of aromatic nitrogens is 1. The summed E-state index contributed by atoms with van der Waals surface area (Å²) in [6.45, 7) is 4.10. The molecule has 4 aromatic rings. The van der Waals surface area contributed by atoms with Crippen LogP contribution < -0.4 is 13.2 Å². The molecule has 6 rings (SSSR count). The molecule has 0 radical (unpaired) electrons. The quantitative estimate of drug-likeness (QED) is 0.140. The summed E-state index contributed by atoms with van der Waals surface area (Å²) in [6, 6.07) is 16.5. The van der Waals surface area contributed by atoms with Crippen LogP contribution in [-0.4, -0.2) is 31.9 Å². The minimum atomic E-state index is -3.72. The van der Waals surface area contributed by atoms with E-state index in [0.29, 0.717) is 22.4 Å². The van der Waals surface area contributed by atoms with Crippen LogP contribution in [-0.2, 0) is 21.2 Å². The number of nitrogens with zero attached hydrogens (tertiary/aromatic N) is 3. The van der Waals surface area contributed by atoms with Gasteiger partial charge in [0.2, 0.25) is 15.9 Å². The lowest BCUT2D eigenvalue weighted by Crippen LogP contribution is -2.36. The third-order valence-electron chi connectivity index (χ3n) is 7.58. The lowest BCUT2D eigenvalue weighted by atomic mass is 9.95. The van der Waals surface area contributed by atoms with Gasteiger partial charge in [0.1, 0.15) is 39.5 Å². The maximum Gasteiger partial charge on any atom is 0.240 e. The number of rotatable bonds is 10. The van der Waals surface area contributed by atoms with Crippen LogP contribution in [0.3, 0.4) is 0 Å². The number of hydrogen-bond donors (Lipinski definition) is 2. The Morgan fingerprint density at radius 1 is 1.02 bits per heavy atom. The number of anilines is 1. The predicted octanol–water partition coefficient (Wildman–Crippen LogP) is 6.71. The molecular weight excluding hydrogens is 699 g/mol. The van der Waals surface area contributed by atoms with Gasteiger partial charge >= 0.3 is 0 Å². The fourth-order valence-electron chi connectivity index (χ4n) is 5.09. The average molecular weight is 730 g/mol. The van der Waals surface area contributed by atoms with E-state index in [-0.39, 0.29) is 29.8 Å². The largest absolute Gasteiger partial charge is 0.346 e. The molecule has 0 bridgehead atoms. The topological polar surface area (TPSA) is 104 Å². The molecule has 1 aliphatic heterocycles. The summed E-state index contributed by atoms with van der Waals surface area (Å²) < 4.78 is 63.7. The molecule has 0 spiro atoms. The lowest BCUT2D eigenvalue weighted by molar-refractivity contribution is -0.120. The third kappa shape index (κ3) is 6.87. The van der Waals surface area contributed by atoms with Crippen molar-refractivity contribution in [1.29, 1.82) is 0 Å². The summed E-state index contributed by atoms with van der Waals surface area (Å²) in [5.41, 5.74) is 6.00. The molecule has 3 aromatic carbocycles. The lowest BCUT2D eigenvalue weighted by Gasteiger charge is -2.23. The summed E-state index contributed by atoms with van der Waals surface area (Å²) in [5.74, 6) is -1.74. The number of sulfonamides is 1. The van der Waals surface area contributed by atoms with Gasteiger partial charge in [-0.05, 0) is 97.8 Å². The molecule has 1 atom stereocenters. The van der Waals surface area contributed by atoms with Gasteiger partial charge in [-0.2, -0.15) is 0 Å². The van der Waals surface area contributed by atoms with E-state index in [0.717, 1.165) is 41.4 Å². The first-order chi connectivity index (χ1) is 21.1. The van der Waals surface area contributed by atoms with Gasteiger partial charge in [0.05, 0.1) is 28.0 Å². The molecule has 44 heavy (non-hydrogen) atoms. The van der Waals surface area contributed by atoms with Crippen LogP contribution in [0.5, 0.6) is 0 Å². The second kappa shape index (κ2) is 12.4. The summed E-state index contributed by atoms with van der Waals surface area (Å²) >= 11 is -0.792. The number of carbonyl (C=O) groups excluding carboxylic acids is 1. The summed E-state index contributed by atoms with van der Waals surface area (Å²) in [6.07, 6.45) is 3.25. The number of hydrogen-bond acceptors (Lipinski definition) is 6. The molecule has 1 fully saturated rings. The number of fused-ring (bicyclic) bond motifs is 1. The zero-order chi connectivity index (χ0) is 31.0. The molecule has 1 aliphatic carbocycles. The Kier molecular flexibility index (Phi) is 8.57. The van der Waals surface area contributed by atoms with Gasteiger partial charge in [-0.15, -0.1) is 0 Å². The Labute approximate surface area is 265 Å². The molecule has 1 saturated carbocycles. The van der Waals surface area contributed by atoms with Crippen LogP contribution in [0.2, 0.25) is 0 Å². The minimum Gasteiger partial charge on any atom is -0.346 e. The summed E-state index contributed by atoms with van der Waals surface area (Å²) in [4.78, 5) is 18.3. The van der Waals surface area contributed by atoms with E-state index in [9.17, 15) is 22.0 Å². The Morgan fingerprint density at radius 3 is 2.52 bits per heavy atom. The van der Waals surface area contributed by atoms with Crippen LogP contribution in [0.1, 0.15) is 41.3 Å². The summed E-state index contributed by atoms with van der Waals surface area (Å²) in [7, 11) is -3.72. The highest BCUT2D eigenvalue weighted by Gasteiger charge is 2.29. The maximum atomic E-state index is 14.2. The second-order valence-electron chi connectivity index (χ2n) is 11.1. The first-order valence-electron chi connectivity index (χ1n) is 14.1. The number of aryl methyl sites for hydroxylation is 2. The van der Waals surface area contributed by atoms with Crippen LogP contribution in [0.4, 0.5) is 20.2 Å². The smallest absolute Gasteiger partial charge is 0.240 e. The van der Waals surface area contributed by atoms with E-state index in [1.165, 1.54) is 18.2 Å². The van der Waals surface area contributed by atoms with Crippen molar-refractivity contribution < 1.29 is 22.0 Å². The number of halogens is 3. The number of carbonyl (C=O) groups is 1. The van der Waals surface area contributed by atoms with Gasteiger partial charge in [-0.3, -0.25) is 12.9 Å². The van der Waals surface area contributed by atoms with Gasteiger partial charge in [0.15, 0.2) is 0 Å². The molecule has 12 heteroatoms. The van der Waals surface area contributed by atoms with Crippen molar-refractivity contribution in [2.75, 3.05) is 9.66 Å². The average Bonchev–Trinajstić information content (AvgIpc) is 3.71. The van der Waals surface area contributed by atoms with Crippen molar-refractivity contribution >= 4 is 48.6 Å². The van der Waals surface area contributed by atoms with Crippen LogP contribution in [0.25, 0.3) is 11.1 Å². The number of nitrogens with one attached hydrogen (secondary N) is 2. The molecule has 1 aromatic heterocycles. The summed E-state index contributed by atoms with van der Waals surface area (Å²) in [5, 5.41) is 3.05. The maximum absolute atomic E-state index is 14.2. The van der Waals surface area contributed by atoms with Gasteiger partial charge in [-0.25, -0.2) is 25.1 Å². The van der Waals surface area contributed by atoms with Crippen LogP contribution in [0, 0.1) is 25.5 Å². The van der Waals surface area contributed by atoms with Crippen molar-refractivity contribution in [2.45, 2.75) is 50.1 Å². The molecular formula is C32H30F2IN5O3S. The Balaban J connectivity index is 1.33. The van der Waals surface area contributed by atoms with E-state index in [1.54, 1.807) is 36.5 Å². The van der Waals surface area contributed by atoms with Crippen molar-refractivity contribution in [2.24, 2.45) is 3.15 Å². The van der Waals surface area contributed by atoms with E-state index in [4.69, 9.17) is 0 Å². The molecule has 0 unspecified atom stereocenters. The Hall–Kier alpha value is -3.62. The van der Waals surface area contributed by atoms with Crippen LogP contribution in [0.15, 0.2) is 81.0 Å². The molecule has 1 amide bonds.